The van der Waals surface area contributed by atoms with Crippen LogP contribution in [0.15, 0.2) is 60.9 Å². The van der Waals surface area contributed by atoms with Gasteiger partial charge in [0.2, 0.25) is 0 Å². The van der Waals surface area contributed by atoms with Gasteiger partial charge in [-0.25, -0.2) is 9.78 Å². The summed E-state index contributed by atoms with van der Waals surface area (Å²) in [5.41, 5.74) is 0.790. The Morgan fingerprint density at radius 1 is 1.13 bits per heavy atom. The number of hydrogen-bond donors (Lipinski definition) is 0. The Kier molecular flexibility index (Phi) is 5.21. The topological polar surface area (TPSA) is 53.4 Å². The van der Waals surface area contributed by atoms with Crippen LogP contribution in [0.4, 0.5) is 13.2 Å². The van der Waals surface area contributed by atoms with Crippen molar-refractivity contribution in [1.82, 2.24) is 9.55 Å². The maximum atomic E-state index is 13.2. The van der Waals surface area contributed by atoms with E-state index in [4.69, 9.17) is 9.47 Å². The number of rotatable bonds is 5. The van der Waals surface area contributed by atoms with Gasteiger partial charge < -0.3 is 9.47 Å². The summed E-state index contributed by atoms with van der Waals surface area (Å²) in [6.45, 7) is -0.347. The first kappa shape index (κ1) is 20.0. The zero-order chi connectivity index (χ0) is 21.3. The first-order valence-corrected chi connectivity index (χ1v) is 9.62. The van der Waals surface area contributed by atoms with Crippen LogP contribution in [0, 0.1) is 0 Å². The average Bonchev–Trinajstić information content (AvgIpc) is 3.35. The van der Waals surface area contributed by atoms with Crippen LogP contribution in [0.2, 0.25) is 0 Å². The third-order valence-corrected chi connectivity index (χ3v) is 5.55. The molecule has 0 aliphatic rings. The van der Waals surface area contributed by atoms with Crippen LogP contribution < -0.4 is 4.74 Å². The number of carbonyl (C=O) groups excluding carboxylic acids is 1. The number of halogens is 3. The molecule has 0 amide bonds. The normalized spacial score (nSPS) is 11.6. The fourth-order valence-corrected chi connectivity index (χ4v) is 4.04. The summed E-state index contributed by atoms with van der Waals surface area (Å²) in [5.74, 6) is -0.480. The summed E-state index contributed by atoms with van der Waals surface area (Å²) in [7, 11) is 1.23. The lowest BCUT2D eigenvalue weighted by Crippen LogP contribution is -2.11. The van der Waals surface area contributed by atoms with Crippen LogP contribution in [0.5, 0.6) is 5.75 Å². The molecule has 5 nitrogen and oxygen atoms in total. The van der Waals surface area contributed by atoms with Crippen molar-refractivity contribution in [2.45, 2.75) is 12.8 Å². The number of para-hydroxylation sites is 2. The van der Waals surface area contributed by atoms with E-state index in [9.17, 15) is 18.0 Å². The van der Waals surface area contributed by atoms with E-state index in [0.717, 1.165) is 28.4 Å². The van der Waals surface area contributed by atoms with E-state index >= 15 is 0 Å². The largest absolute Gasteiger partial charge is 0.487 e. The van der Waals surface area contributed by atoms with Gasteiger partial charge >= 0.3 is 12.1 Å². The number of esters is 1. The fraction of sp³-hybridized carbons (Fsp3) is 0.143. The number of thiophene rings is 1. The monoisotopic (exact) mass is 432 g/mol. The second-order valence-corrected chi connectivity index (χ2v) is 7.35. The van der Waals surface area contributed by atoms with Crippen LogP contribution in [-0.4, -0.2) is 22.6 Å². The highest BCUT2D eigenvalue weighted by Crippen LogP contribution is 2.36. The molecule has 0 fully saturated rings. The Morgan fingerprint density at radius 3 is 2.63 bits per heavy atom. The lowest BCUT2D eigenvalue weighted by atomic mass is 10.1. The van der Waals surface area contributed by atoms with Gasteiger partial charge in [-0.15, -0.1) is 11.3 Å². The molecule has 2 heterocycles. The van der Waals surface area contributed by atoms with E-state index in [2.05, 4.69) is 4.98 Å². The van der Waals surface area contributed by atoms with Crippen LogP contribution in [0.1, 0.15) is 20.8 Å². The van der Waals surface area contributed by atoms with Crippen LogP contribution >= 0.6 is 11.3 Å². The lowest BCUT2D eigenvalue weighted by Gasteiger charge is -2.13. The van der Waals surface area contributed by atoms with Gasteiger partial charge in [0.05, 0.1) is 23.7 Å². The zero-order valence-electron chi connectivity index (χ0n) is 15.6. The standard InChI is InChI=1S/C21H15F3N2O3S/c1-28-20(27)19-17(29-11-13-6-2-3-7-14(13)21(22,23)24)10-18(30-19)26-12-25-15-8-4-5-9-16(15)26/h2-10,12H,11H2,1H3. The maximum absolute atomic E-state index is 13.2. The van der Waals surface area contributed by atoms with Gasteiger partial charge in [0.25, 0.3) is 0 Å². The minimum absolute atomic E-state index is 0.0263. The summed E-state index contributed by atoms with van der Waals surface area (Å²) >= 11 is 1.11. The van der Waals surface area contributed by atoms with Crippen molar-refractivity contribution in [1.29, 1.82) is 0 Å². The molecule has 4 rings (SSSR count). The quantitative estimate of drug-likeness (QED) is 0.393. The molecule has 0 saturated carbocycles. The van der Waals surface area contributed by atoms with E-state index < -0.39 is 17.7 Å². The predicted molar refractivity (Wildman–Crippen MR) is 106 cm³/mol. The number of carbonyl (C=O) groups is 1. The molecule has 30 heavy (non-hydrogen) atoms. The summed E-state index contributed by atoms with van der Waals surface area (Å²) in [6, 6.07) is 14.2. The molecule has 0 aliphatic carbocycles. The summed E-state index contributed by atoms with van der Waals surface area (Å²) < 4.78 is 52.0. The Morgan fingerprint density at radius 2 is 1.87 bits per heavy atom. The number of nitrogens with zero attached hydrogens (tertiary/aromatic N) is 2. The minimum Gasteiger partial charge on any atom is -0.487 e. The molecule has 0 bridgehead atoms. The van der Waals surface area contributed by atoms with Crippen molar-refractivity contribution in [3.8, 4) is 10.8 Å². The Labute approximate surface area is 173 Å². The Balaban J connectivity index is 1.70. The Bertz CT molecular complexity index is 1210. The predicted octanol–water partition coefficient (Wildman–Crippen LogP) is 5.47. The van der Waals surface area contributed by atoms with Crippen LogP contribution in [0.3, 0.4) is 0 Å². The van der Waals surface area contributed by atoms with E-state index in [-0.39, 0.29) is 22.8 Å². The first-order valence-electron chi connectivity index (χ1n) is 8.81. The number of fused-ring (bicyclic) bond motifs is 1. The summed E-state index contributed by atoms with van der Waals surface area (Å²) in [6.07, 6.45) is -2.89. The summed E-state index contributed by atoms with van der Waals surface area (Å²) in [4.78, 5) is 16.7. The third-order valence-electron chi connectivity index (χ3n) is 4.45. The van der Waals surface area contributed by atoms with Gasteiger partial charge in [-0.3, -0.25) is 4.57 Å². The molecule has 2 aromatic carbocycles. The van der Waals surface area contributed by atoms with Crippen molar-refractivity contribution >= 4 is 28.3 Å². The molecule has 0 atom stereocenters. The number of aromatic nitrogens is 2. The number of hydrogen-bond acceptors (Lipinski definition) is 5. The highest BCUT2D eigenvalue weighted by Gasteiger charge is 2.33. The molecular weight excluding hydrogens is 417 g/mol. The van der Waals surface area contributed by atoms with Gasteiger partial charge in [0, 0.05) is 11.6 Å². The molecule has 0 aliphatic heterocycles. The average molecular weight is 432 g/mol. The van der Waals surface area contributed by atoms with Gasteiger partial charge in [-0.05, 0) is 18.2 Å². The van der Waals surface area contributed by atoms with Crippen molar-refractivity contribution in [3.05, 3.63) is 76.9 Å². The van der Waals surface area contributed by atoms with E-state index in [1.54, 1.807) is 17.0 Å². The minimum atomic E-state index is -4.50. The molecular formula is C21H15F3N2O3S. The van der Waals surface area contributed by atoms with Gasteiger partial charge in [0.15, 0.2) is 4.88 Å². The second-order valence-electron chi connectivity index (χ2n) is 6.32. The van der Waals surface area contributed by atoms with Crippen LogP contribution in [-0.2, 0) is 17.5 Å². The third kappa shape index (κ3) is 3.76. The molecule has 0 saturated heterocycles. The molecule has 0 spiro atoms. The van der Waals surface area contributed by atoms with Crippen molar-refractivity contribution < 1.29 is 27.4 Å². The molecule has 4 aromatic rings. The number of benzene rings is 2. The van der Waals surface area contributed by atoms with Gasteiger partial charge in [-0.1, -0.05) is 30.3 Å². The van der Waals surface area contributed by atoms with Crippen molar-refractivity contribution in [3.63, 3.8) is 0 Å². The van der Waals surface area contributed by atoms with Gasteiger partial charge in [-0.2, -0.15) is 13.2 Å². The number of alkyl halides is 3. The first-order chi connectivity index (χ1) is 14.4. The Hall–Kier alpha value is -3.33. The van der Waals surface area contributed by atoms with E-state index in [0.29, 0.717) is 5.00 Å². The highest BCUT2D eigenvalue weighted by atomic mass is 32.1. The fourth-order valence-electron chi connectivity index (χ4n) is 3.04. The smallest absolute Gasteiger partial charge is 0.416 e. The van der Waals surface area contributed by atoms with Crippen molar-refractivity contribution in [2.75, 3.05) is 7.11 Å². The van der Waals surface area contributed by atoms with E-state index in [1.165, 1.54) is 25.3 Å². The van der Waals surface area contributed by atoms with Gasteiger partial charge in [0.1, 0.15) is 23.7 Å². The zero-order valence-corrected chi connectivity index (χ0v) is 16.5. The molecule has 154 valence electrons. The molecule has 0 unspecified atom stereocenters. The van der Waals surface area contributed by atoms with Crippen LogP contribution in [0.25, 0.3) is 16.0 Å². The lowest BCUT2D eigenvalue weighted by molar-refractivity contribution is -0.138. The molecule has 2 aromatic heterocycles. The SMILES string of the molecule is COC(=O)c1sc(-n2cnc3ccccc32)cc1OCc1ccccc1C(F)(F)F. The number of imidazole rings is 1. The second kappa shape index (κ2) is 7.83. The molecule has 0 radical (unpaired) electrons. The van der Waals surface area contributed by atoms with E-state index in [1.807, 2.05) is 24.3 Å². The number of ether oxygens (including phenoxy) is 2. The maximum Gasteiger partial charge on any atom is 0.416 e. The molecule has 9 heteroatoms. The highest BCUT2D eigenvalue weighted by molar-refractivity contribution is 7.16. The number of methoxy groups -OCH3 is 1. The summed E-state index contributed by atoms with van der Waals surface area (Å²) in [5, 5.41) is 0.628. The molecule has 0 N–H and O–H groups in total. The van der Waals surface area contributed by atoms with Crippen molar-refractivity contribution in [2.24, 2.45) is 0 Å².